The molecule has 0 aliphatic heterocycles. The van der Waals surface area contributed by atoms with Crippen LogP contribution in [0, 0.1) is 11.6 Å². The Hall–Kier alpha value is -2.44. The molecule has 0 fully saturated rings. The van der Waals surface area contributed by atoms with Crippen LogP contribution in [0.2, 0.25) is 0 Å². The summed E-state index contributed by atoms with van der Waals surface area (Å²) in [4.78, 5) is 22.3. The van der Waals surface area contributed by atoms with Crippen LogP contribution >= 0.6 is 0 Å². The SMILES string of the molecule is C=CCC(NC(=O)NCc1cc(F)ccc1F)C(=O)O. The second-order valence-electron chi connectivity index (χ2n) is 3.98. The van der Waals surface area contributed by atoms with Crippen LogP contribution in [0.4, 0.5) is 13.6 Å². The number of nitrogens with one attached hydrogen (secondary N) is 2. The van der Waals surface area contributed by atoms with Crippen LogP contribution < -0.4 is 10.6 Å². The van der Waals surface area contributed by atoms with E-state index in [-0.39, 0.29) is 18.5 Å². The summed E-state index contributed by atoms with van der Waals surface area (Å²) in [5.41, 5.74) is -0.0317. The third kappa shape index (κ3) is 4.68. The number of carboxylic acid groups (broad SMARTS) is 1. The van der Waals surface area contributed by atoms with Crippen molar-refractivity contribution in [2.45, 2.75) is 19.0 Å². The molecule has 108 valence electrons. The summed E-state index contributed by atoms with van der Waals surface area (Å²) in [5, 5.41) is 13.3. The van der Waals surface area contributed by atoms with Gasteiger partial charge in [-0.2, -0.15) is 0 Å². The first-order valence-electron chi connectivity index (χ1n) is 5.76. The molecule has 1 atom stereocenters. The molecule has 0 radical (unpaired) electrons. The Morgan fingerprint density at radius 3 is 2.70 bits per heavy atom. The van der Waals surface area contributed by atoms with Gasteiger partial charge < -0.3 is 15.7 Å². The van der Waals surface area contributed by atoms with E-state index in [1.54, 1.807) is 0 Å². The van der Waals surface area contributed by atoms with Crippen LogP contribution in [0.15, 0.2) is 30.9 Å². The maximum Gasteiger partial charge on any atom is 0.326 e. The van der Waals surface area contributed by atoms with E-state index < -0.39 is 29.7 Å². The normalized spacial score (nSPS) is 11.5. The summed E-state index contributed by atoms with van der Waals surface area (Å²) in [6.07, 6.45) is 1.41. The molecule has 0 spiro atoms. The van der Waals surface area contributed by atoms with Gasteiger partial charge in [-0.1, -0.05) is 6.08 Å². The molecule has 5 nitrogen and oxygen atoms in total. The number of urea groups is 1. The first-order valence-corrected chi connectivity index (χ1v) is 5.76. The molecule has 3 N–H and O–H groups in total. The highest BCUT2D eigenvalue weighted by atomic mass is 19.1. The third-order valence-electron chi connectivity index (χ3n) is 2.45. The van der Waals surface area contributed by atoms with Crippen LogP contribution in [0.3, 0.4) is 0 Å². The molecule has 1 unspecified atom stereocenters. The Morgan fingerprint density at radius 2 is 2.10 bits per heavy atom. The standard InChI is InChI=1S/C13H14F2N2O3/c1-2-3-11(12(18)19)17-13(20)16-7-8-6-9(14)4-5-10(8)15/h2,4-6,11H,1,3,7H2,(H,18,19)(H2,16,17,20). The third-order valence-corrected chi connectivity index (χ3v) is 2.45. The Bertz CT molecular complexity index is 520. The number of benzene rings is 1. The lowest BCUT2D eigenvalue weighted by atomic mass is 10.2. The van der Waals surface area contributed by atoms with Gasteiger partial charge >= 0.3 is 12.0 Å². The van der Waals surface area contributed by atoms with Gasteiger partial charge in [0.1, 0.15) is 17.7 Å². The fourth-order valence-electron chi connectivity index (χ4n) is 1.45. The number of aliphatic carboxylic acids is 1. The van der Waals surface area contributed by atoms with E-state index in [4.69, 9.17) is 5.11 Å². The first-order chi connectivity index (χ1) is 9.43. The second-order valence-corrected chi connectivity index (χ2v) is 3.98. The van der Waals surface area contributed by atoms with Crippen LogP contribution in [-0.2, 0) is 11.3 Å². The Kier molecular flexibility index (Phi) is 5.64. The number of hydrogen-bond acceptors (Lipinski definition) is 2. The zero-order valence-electron chi connectivity index (χ0n) is 10.5. The number of carboxylic acids is 1. The largest absolute Gasteiger partial charge is 0.480 e. The first kappa shape index (κ1) is 15.6. The highest BCUT2D eigenvalue weighted by molar-refractivity contribution is 5.82. The van der Waals surface area contributed by atoms with Gasteiger partial charge in [-0.05, 0) is 24.6 Å². The maximum absolute atomic E-state index is 13.3. The lowest BCUT2D eigenvalue weighted by molar-refractivity contribution is -0.139. The lowest BCUT2D eigenvalue weighted by Gasteiger charge is -2.13. The molecular weight excluding hydrogens is 270 g/mol. The predicted molar refractivity (Wildman–Crippen MR) is 68.0 cm³/mol. The van der Waals surface area contributed by atoms with E-state index in [9.17, 15) is 18.4 Å². The summed E-state index contributed by atoms with van der Waals surface area (Å²) >= 11 is 0. The van der Waals surface area contributed by atoms with Gasteiger partial charge in [-0.3, -0.25) is 0 Å². The van der Waals surface area contributed by atoms with Crippen molar-refractivity contribution in [2.75, 3.05) is 0 Å². The number of halogens is 2. The zero-order valence-corrected chi connectivity index (χ0v) is 10.5. The van der Waals surface area contributed by atoms with Gasteiger partial charge in [0.15, 0.2) is 0 Å². The number of hydrogen-bond donors (Lipinski definition) is 3. The van der Waals surface area contributed by atoms with E-state index in [1.807, 2.05) is 0 Å². The molecule has 0 aliphatic carbocycles. The lowest BCUT2D eigenvalue weighted by Crippen LogP contribution is -2.45. The van der Waals surface area contributed by atoms with Gasteiger partial charge in [0.25, 0.3) is 0 Å². The maximum atomic E-state index is 13.3. The summed E-state index contributed by atoms with van der Waals surface area (Å²) in [6, 6.07) is 0.951. The highest BCUT2D eigenvalue weighted by Gasteiger charge is 2.18. The van der Waals surface area contributed by atoms with Gasteiger partial charge in [-0.15, -0.1) is 6.58 Å². The van der Waals surface area contributed by atoms with E-state index in [0.29, 0.717) is 0 Å². The van der Waals surface area contributed by atoms with Crippen LogP contribution in [0.1, 0.15) is 12.0 Å². The predicted octanol–water partition coefficient (Wildman–Crippen LogP) is 1.79. The molecule has 1 aromatic carbocycles. The van der Waals surface area contributed by atoms with Crippen molar-refractivity contribution in [3.63, 3.8) is 0 Å². The molecule has 0 saturated heterocycles. The van der Waals surface area contributed by atoms with Gasteiger partial charge in [0.2, 0.25) is 0 Å². The van der Waals surface area contributed by atoms with Crippen molar-refractivity contribution in [1.82, 2.24) is 10.6 Å². The van der Waals surface area contributed by atoms with Crippen LogP contribution in [0.25, 0.3) is 0 Å². The molecule has 0 bridgehead atoms. The molecule has 0 aromatic heterocycles. The second kappa shape index (κ2) is 7.22. The summed E-state index contributed by atoms with van der Waals surface area (Å²) in [7, 11) is 0. The fraction of sp³-hybridized carbons (Fsp3) is 0.231. The molecule has 0 aliphatic rings. The molecular formula is C13H14F2N2O3. The highest BCUT2D eigenvalue weighted by Crippen LogP contribution is 2.09. The van der Waals surface area contributed by atoms with Crippen molar-refractivity contribution < 1.29 is 23.5 Å². The number of carbonyl (C=O) groups is 2. The van der Waals surface area contributed by atoms with Gasteiger partial charge in [-0.25, -0.2) is 18.4 Å². The molecule has 1 rings (SSSR count). The van der Waals surface area contributed by atoms with Crippen molar-refractivity contribution in [3.05, 3.63) is 48.1 Å². The van der Waals surface area contributed by atoms with Crippen molar-refractivity contribution in [3.8, 4) is 0 Å². The van der Waals surface area contributed by atoms with Gasteiger partial charge in [0, 0.05) is 12.1 Å². The van der Waals surface area contributed by atoms with Crippen molar-refractivity contribution >= 4 is 12.0 Å². The Balaban J connectivity index is 2.56. The fourth-order valence-corrected chi connectivity index (χ4v) is 1.45. The minimum atomic E-state index is -1.21. The van der Waals surface area contributed by atoms with E-state index >= 15 is 0 Å². The number of amides is 2. The number of carbonyl (C=O) groups excluding carboxylic acids is 1. The molecule has 0 heterocycles. The smallest absolute Gasteiger partial charge is 0.326 e. The van der Waals surface area contributed by atoms with Crippen molar-refractivity contribution in [1.29, 1.82) is 0 Å². The topological polar surface area (TPSA) is 78.4 Å². The molecule has 0 saturated carbocycles. The van der Waals surface area contributed by atoms with Gasteiger partial charge in [0.05, 0.1) is 0 Å². The quantitative estimate of drug-likeness (QED) is 0.697. The monoisotopic (exact) mass is 284 g/mol. The number of rotatable bonds is 6. The summed E-state index contributed by atoms with van der Waals surface area (Å²) in [6.45, 7) is 3.12. The minimum Gasteiger partial charge on any atom is -0.480 e. The summed E-state index contributed by atoms with van der Waals surface area (Å²) in [5.74, 6) is -2.50. The summed E-state index contributed by atoms with van der Waals surface area (Å²) < 4.78 is 26.2. The van der Waals surface area contributed by atoms with E-state index in [2.05, 4.69) is 17.2 Å². The average molecular weight is 284 g/mol. The Labute approximate surface area is 114 Å². The van der Waals surface area contributed by atoms with E-state index in [0.717, 1.165) is 18.2 Å². The van der Waals surface area contributed by atoms with Crippen LogP contribution in [0.5, 0.6) is 0 Å². The van der Waals surface area contributed by atoms with E-state index in [1.165, 1.54) is 6.08 Å². The van der Waals surface area contributed by atoms with Crippen LogP contribution in [-0.4, -0.2) is 23.1 Å². The molecule has 2 amide bonds. The zero-order chi connectivity index (χ0) is 15.1. The molecule has 1 aromatic rings. The average Bonchev–Trinajstić information content (AvgIpc) is 2.39. The minimum absolute atomic E-state index is 0.0317. The van der Waals surface area contributed by atoms with Crippen molar-refractivity contribution in [2.24, 2.45) is 0 Å². The molecule has 7 heteroatoms. The Morgan fingerprint density at radius 1 is 1.40 bits per heavy atom. The molecule has 20 heavy (non-hydrogen) atoms.